The number of para-hydroxylation sites is 1. The number of morpholine rings is 1. The number of hydrogen-bond donors (Lipinski definition) is 0. The van der Waals surface area contributed by atoms with Gasteiger partial charge in [-0.25, -0.2) is 9.67 Å². The molecule has 0 unspecified atom stereocenters. The van der Waals surface area contributed by atoms with Crippen LogP contribution < -0.4 is 9.81 Å². The Morgan fingerprint density at radius 1 is 1.07 bits per heavy atom. The number of nitro benzene ring substituents is 1. The monoisotopic (exact) mass is 462 g/mol. The normalized spacial score (nSPS) is 14.6. The summed E-state index contributed by atoms with van der Waals surface area (Å²) in [4.78, 5) is 16.4. The molecular weight excluding hydrogens is 444 g/mol. The van der Waals surface area contributed by atoms with Crippen LogP contribution in [0.1, 0.15) is 0 Å². The first kappa shape index (κ1) is 20.2. The lowest BCUT2D eigenvalue weighted by Crippen LogP contribution is -2.48. The standard InChI is InChI=1S/C19H18N4O3S.BrH/c24-23(25)17-8-4-5-15(13-17)18-14-27-19(20-16-6-2-1-3-7-16)22(18)21-9-11-26-12-10-21;/h1-8,13-14H,9-12H2;1H. The van der Waals surface area contributed by atoms with Gasteiger partial charge in [-0.15, -0.1) is 28.3 Å². The molecule has 1 aliphatic rings. The first-order valence-electron chi connectivity index (χ1n) is 8.60. The average molecular weight is 463 g/mol. The van der Waals surface area contributed by atoms with Gasteiger partial charge < -0.3 is 9.75 Å². The van der Waals surface area contributed by atoms with Crippen LogP contribution in [0.3, 0.4) is 0 Å². The lowest BCUT2D eigenvalue weighted by Gasteiger charge is -2.31. The molecule has 0 N–H and O–H groups in total. The number of aromatic nitrogens is 1. The van der Waals surface area contributed by atoms with E-state index >= 15 is 0 Å². The molecule has 1 aliphatic heterocycles. The second kappa shape index (κ2) is 9.13. The molecule has 2 heterocycles. The topological polar surface area (TPSA) is 72.9 Å². The Kier molecular flexibility index (Phi) is 6.61. The maximum absolute atomic E-state index is 11.2. The van der Waals surface area contributed by atoms with E-state index in [4.69, 9.17) is 9.73 Å². The van der Waals surface area contributed by atoms with Crippen LogP contribution in [0.5, 0.6) is 0 Å². The Balaban J connectivity index is 0.00000225. The van der Waals surface area contributed by atoms with E-state index in [2.05, 4.69) is 9.69 Å². The SMILES string of the molecule is Br.O=[N+]([O-])c1cccc(-c2csc(=Nc3ccccc3)n2N2CCOCC2)c1. The molecule has 0 atom stereocenters. The van der Waals surface area contributed by atoms with Crippen LogP contribution in [0.2, 0.25) is 0 Å². The molecule has 0 radical (unpaired) electrons. The summed E-state index contributed by atoms with van der Waals surface area (Å²) in [6.45, 7) is 2.76. The molecule has 0 saturated carbocycles. The molecule has 2 aromatic carbocycles. The molecule has 1 aromatic heterocycles. The summed E-state index contributed by atoms with van der Waals surface area (Å²) in [7, 11) is 0. The van der Waals surface area contributed by atoms with Crippen molar-refractivity contribution in [3.63, 3.8) is 0 Å². The van der Waals surface area contributed by atoms with Gasteiger partial charge in [-0.05, 0) is 12.1 Å². The van der Waals surface area contributed by atoms with Crippen molar-refractivity contribution >= 4 is 39.7 Å². The Labute approximate surface area is 176 Å². The quantitative estimate of drug-likeness (QED) is 0.435. The Morgan fingerprint density at radius 2 is 1.82 bits per heavy atom. The second-order valence-electron chi connectivity index (χ2n) is 6.04. The lowest BCUT2D eigenvalue weighted by molar-refractivity contribution is -0.384. The van der Waals surface area contributed by atoms with E-state index in [1.54, 1.807) is 12.1 Å². The van der Waals surface area contributed by atoms with Gasteiger partial charge in [-0.3, -0.25) is 10.1 Å². The zero-order chi connectivity index (χ0) is 18.6. The number of nitrogens with zero attached hydrogens (tertiary/aromatic N) is 4. The summed E-state index contributed by atoms with van der Waals surface area (Å²) >= 11 is 1.52. The third-order valence-corrected chi connectivity index (χ3v) is 5.11. The maximum Gasteiger partial charge on any atom is 0.270 e. The number of rotatable bonds is 4. The number of halogens is 1. The first-order valence-corrected chi connectivity index (χ1v) is 9.48. The van der Waals surface area contributed by atoms with Crippen molar-refractivity contribution in [1.29, 1.82) is 0 Å². The maximum atomic E-state index is 11.2. The third kappa shape index (κ3) is 4.32. The molecule has 4 rings (SSSR count). The summed E-state index contributed by atoms with van der Waals surface area (Å²) in [6.07, 6.45) is 0. The minimum atomic E-state index is -0.371. The summed E-state index contributed by atoms with van der Waals surface area (Å²) < 4.78 is 7.54. The van der Waals surface area contributed by atoms with Crippen LogP contribution in [-0.2, 0) is 4.74 Å². The molecule has 0 aliphatic carbocycles. The second-order valence-corrected chi connectivity index (χ2v) is 6.87. The van der Waals surface area contributed by atoms with Crippen LogP contribution >= 0.6 is 28.3 Å². The van der Waals surface area contributed by atoms with E-state index in [0.717, 1.165) is 34.8 Å². The van der Waals surface area contributed by atoms with E-state index in [9.17, 15) is 10.1 Å². The fourth-order valence-electron chi connectivity index (χ4n) is 2.99. The van der Waals surface area contributed by atoms with Gasteiger partial charge in [-0.1, -0.05) is 30.3 Å². The van der Waals surface area contributed by atoms with Gasteiger partial charge in [-0.2, -0.15) is 0 Å². The number of benzene rings is 2. The van der Waals surface area contributed by atoms with Crippen LogP contribution in [0.25, 0.3) is 11.3 Å². The van der Waals surface area contributed by atoms with E-state index in [1.807, 2.05) is 41.8 Å². The summed E-state index contributed by atoms with van der Waals surface area (Å²) in [5.74, 6) is 0. The Bertz CT molecular complexity index is 1010. The molecule has 28 heavy (non-hydrogen) atoms. The highest BCUT2D eigenvalue weighted by Crippen LogP contribution is 2.25. The predicted octanol–water partition coefficient (Wildman–Crippen LogP) is 3.90. The van der Waals surface area contributed by atoms with Gasteiger partial charge in [0.1, 0.15) is 0 Å². The molecular formula is C19H19BrN4O3S. The molecule has 7 nitrogen and oxygen atoms in total. The summed E-state index contributed by atoms with van der Waals surface area (Å²) in [6, 6.07) is 16.5. The molecule has 0 amide bonds. The fourth-order valence-corrected chi connectivity index (χ4v) is 3.92. The zero-order valence-electron chi connectivity index (χ0n) is 14.9. The summed E-state index contributed by atoms with van der Waals surface area (Å²) in [5.41, 5.74) is 2.63. The summed E-state index contributed by atoms with van der Waals surface area (Å²) in [5, 5.41) is 15.3. The highest BCUT2D eigenvalue weighted by atomic mass is 79.9. The molecule has 0 bridgehead atoms. The van der Waals surface area contributed by atoms with E-state index in [0.29, 0.717) is 13.2 Å². The molecule has 1 saturated heterocycles. The van der Waals surface area contributed by atoms with Crippen LogP contribution in [0.15, 0.2) is 65.0 Å². The van der Waals surface area contributed by atoms with Crippen molar-refractivity contribution in [3.05, 3.63) is 74.9 Å². The molecule has 0 spiro atoms. The van der Waals surface area contributed by atoms with Crippen LogP contribution in [-0.4, -0.2) is 35.9 Å². The number of ether oxygens (including phenoxy) is 1. The van der Waals surface area contributed by atoms with Gasteiger partial charge >= 0.3 is 0 Å². The van der Waals surface area contributed by atoms with Crippen molar-refractivity contribution in [2.75, 3.05) is 31.3 Å². The van der Waals surface area contributed by atoms with Crippen molar-refractivity contribution < 1.29 is 9.66 Å². The fraction of sp³-hybridized carbons (Fsp3) is 0.211. The molecule has 146 valence electrons. The molecule has 1 fully saturated rings. The Morgan fingerprint density at radius 3 is 2.54 bits per heavy atom. The van der Waals surface area contributed by atoms with Crippen LogP contribution in [0.4, 0.5) is 11.4 Å². The minimum absolute atomic E-state index is 0. The highest BCUT2D eigenvalue weighted by molar-refractivity contribution is 8.93. The van der Waals surface area contributed by atoms with Crippen molar-refractivity contribution in [2.45, 2.75) is 0 Å². The first-order chi connectivity index (χ1) is 13.2. The van der Waals surface area contributed by atoms with Crippen molar-refractivity contribution in [2.24, 2.45) is 4.99 Å². The van der Waals surface area contributed by atoms with Crippen LogP contribution in [0, 0.1) is 10.1 Å². The van der Waals surface area contributed by atoms with Gasteiger partial charge in [0.15, 0.2) is 0 Å². The zero-order valence-corrected chi connectivity index (χ0v) is 17.5. The smallest absolute Gasteiger partial charge is 0.270 e. The van der Waals surface area contributed by atoms with Gasteiger partial charge in [0.05, 0.1) is 42.6 Å². The van der Waals surface area contributed by atoms with Gasteiger partial charge in [0.2, 0.25) is 4.80 Å². The Hall–Kier alpha value is -2.49. The van der Waals surface area contributed by atoms with Gasteiger partial charge in [0, 0.05) is 23.1 Å². The molecule has 3 aromatic rings. The minimum Gasteiger partial charge on any atom is -0.378 e. The van der Waals surface area contributed by atoms with E-state index in [-0.39, 0.29) is 27.6 Å². The number of nitro groups is 1. The largest absolute Gasteiger partial charge is 0.378 e. The van der Waals surface area contributed by atoms with Crippen molar-refractivity contribution in [1.82, 2.24) is 4.68 Å². The van der Waals surface area contributed by atoms with E-state index in [1.165, 1.54) is 17.4 Å². The van der Waals surface area contributed by atoms with Crippen molar-refractivity contribution in [3.8, 4) is 11.3 Å². The third-order valence-electron chi connectivity index (χ3n) is 4.29. The predicted molar refractivity (Wildman–Crippen MR) is 115 cm³/mol. The molecule has 9 heteroatoms. The number of hydrogen-bond acceptors (Lipinski definition) is 6. The lowest BCUT2D eigenvalue weighted by atomic mass is 10.1. The number of non-ortho nitro benzene ring substituents is 1. The van der Waals surface area contributed by atoms with E-state index < -0.39 is 0 Å². The number of thiazole rings is 1. The van der Waals surface area contributed by atoms with Gasteiger partial charge in [0.25, 0.3) is 5.69 Å². The highest BCUT2D eigenvalue weighted by Gasteiger charge is 2.18. The average Bonchev–Trinajstić information content (AvgIpc) is 3.13.